The van der Waals surface area contributed by atoms with Gasteiger partial charge in [0.1, 0.15) is 0 Å². The van der Waals surface area contributed by atoms with E-state index in [-0.39, 0.29) is 11.8 Å². The highest BCUT2D eigenvalue weighted by Gasteiger charge is 2.33. The van der Waals surface area contributed by atoms with Gasteiger partial charge in [0, 0.05) is 43.8 Å². The van der Waals surface area contributed by atoms with Gasteiger partial charge in [0.25, 0.3) is 5.91 Å². The number of ether oxygens (including phenoxy) is 1. The fraction of sp³-hybridized carbons (Fsp3) is 0.565. The van der Waals surface area contributed by atoms with Crippen molar-refractivity contribution < 1.29 is 14.3 Å². The molecule has 0 bridgehead atoms. The molecule has 0 unspecified atom stereocenters. The van der Waals surface area contributed by atoms with Crippen LogP contribution in [0.15, 0.2) is 24.3 Å². The molecule has 4 rings (SSSR count). The van der Waals surface area contributed by atoms with Crippen LogP contribution in [-0.4, -0.2) is 50.1 Å². The number of fused-ring (bicyclic) bond motifs is 1. The van der Waals surface area contributed by atoms with E-state index in [0.717, 1.165) is 40.0 Å². The smallest absolute Gasteiger partial charge is 0.261 e. The minimum Gasteiger partial charge on any atom is -0.383 e. The van der Waals surface area contributed by atoms with Gasteiger partial charge in [0.2, 0.25) is 5.91 Å². The molecule has 5 nitrogen and oxygen atoms in total. The SMILES string of the molecule is COCCNC(=O)c1sc2ccccc2c1[C@H]1CCN(C(=O)CC2CCCC2)C1. The minimum absolute atomic E-state index is 0.0333. The molecule has 6 heteroatoms. The predicted octanol–water partition coefficient (Wildman–Crippen LogP) is 4.17. The van der Waals surface area contributed by atoms with E-state index in [1.807, 2.05) is 17.0 Å². The number of thiophene rings is 1. The van der Waals surface area contributed by atoms with Crippen LogP contribution in [0.25, 0.3) is 10.1 Å². The van der Waals surface area contributed by atoms with Crippen LogP contribution in [0.1, 0.15) is 59.7 Å². The minimum atomic E-state index is -0.0333. The lowest BCUT2D eigenvalue weighted by Crippen LogP contribution is -2.30. The Balaban J connectivity index is 1.52. The lowest BCUT2D eigenvalue weighted by atomic mass is 9.95. The molecule has 156 valence electrons. The summed E-state index contributed by atoms with van der Waals surface area (Å²) in [6, 6.07) is 8.23. The molecule has 1 atom stereocenters. The van der Waals surface area contributed by atoms with Gasteiger partial charge in [-0.2, -0.15) is 0 Å². The number of amides is 2. The zero-order valence-corrected chi connectivity index (χ0v) is 17.9. The Labute approximate surface area is 176 Å². The zero-order valence-electron chi connectivity index (χ0n) is 17.1. The Bertz CT molecular complexity index is 872. The summed E-state index contributed by atoms with van der Waals surface area (Å²) in [5.41, 5.74) is 1.12. The zero-order chi connectivity index (χ0) is 20.2. The van der Waals surface area contributed by atoms with Gasteiger partial charge < -0.3 is 15.0 Å². The average molecular weight is 415 g/mol. The summed E-state index contributed by atoms with van der Waals surface area (Å²) in [6.45, 7) is 2.52. The van der Waals surface area contributed by atoms with Crippen LogP contribution in [-0.2, 0) is 9.53 Å². The summed E-state index contributed by atoms with van der Waals surface area (Å²) in [6.07, 6.45) is 6.55. The van der Waals surface area contributed by atoms with Crippen LogP contribution < -0.4 is 5.32 Å². The van der Waals surface area contributed by atoms with E-state index in [9.17, 15) is 9.59 Å². The first-order valence-corrected chi connectivity index (χ1v) is 11.6. The van der Waals surface area contributed by atoms with E-state index >= 15 is 0 Å². The molecule has 2 aromatic rings. The quantitative estimate of drug-likeness (QED) is 0.692. The third kappa shape index (κ3) is 4.48. The van der Waals surface area contributed by atoms with Gasteiger partial charge in [-0.15, -0.1) is 11.3 Å². The molecule has 1 saturated carbocycles. The fourth-order valence-electron chi connectivity index (χ4n) is 4.80. The second kappa shape index (κ2) is 9.26. The number of likely N-dealkylation sites (tertiary alicyclic amines) is 1. The average Bonchev–Trinajstić information content (AvgIpc) is 3.46. The van der Waals surface area contributed by atoms with E-state index < -0.39 is 0 Å². The van der Waals surface area contributed by atoms with E-state index in [0.29, 0.717) is 31.4 Å². The first-order valence-electron chi connectivity index (χ1n) is 10.7. The van der Waals surface area contributed by atoms with Crippen LogP contribution in [0.2, 0.25) is 0 Å². The Morgan fingerprint density at radius 3 is 2.79 bits per heavy atom. The Kier molecular flexibility index (Phi) is 6.50. The summed E-state index contributed by atoms with van der Waals surface area (Å²) >= 11 is 1.56. The van der Waals surface area contributed by atoms with Crippen LogP contribution in [0.3, 0.4) is 0 Å². The Morgan fingerprint density at radius 2 is 2.00 bits per heavy atom. The number of methoxy groups -OCH3 is 1. The van der Waals surface area contributed by atoms with Gasteiger partial charge in [0.15, 0.2) is 0 Å². The predicted molar refractivity (Wildman–Crippen MR) is 117 cm³/mol. The second-order valence-electron chi connectivity index (χ2n) is 8.27. The molecule has 1 N–H and O–H groups in total. The number of carbonyl (C=O) groups excluding carboxylic acids is 2. The van der Waals surface area contributed by atoms with Crippen molar-refractivity contribution in [2.75, 3.05) is 33.4 Å². The standard InChI is InChI=1S/C23H30N2O3S/c1-28-13-11-24-23(27)22-21(18-8-4-5-9-19(18)29-22)17-10-12-25(15-17)20(26)14-16-6-2-3-7-16/h4-5,8-9,16-17H,2-3,6-7,10-15H2,1H3,(H,24,27)/t17-/m0/s1. The van der Waals surface area contributed by atoms with Gasteiger partial charge in [-0.05, 0) is 42.2 Å². The van der Waals surface area contributed by atoms with Gasteiger partial charge >= 0.3 is 0 Å². The van der Waals surface area contributed by atoms with Gasteiger partial charge in [-0.3, -0.25) is 9.59 Å². The van der Waals surface area contributed by atoms with Crippen molar-refractivity contribution in [1.82, 2.24) is 10.2 Å². The molecule has 0 spiro atoms. The molecule has 1 aromatic heterocycles. The van der Waals surface area contributed by atoms with Crippen molar-refractivity contribution in [2.45, 2.75) is 44.4 Å². The summed E-state index contributed by atoms with van der Waals surface area (Å²) < 4.78 is 6.19. The number of nitrogens with zero attached hydrogens (tertiary/aromatic N) is 1. The molecule has 1 saturated heterocycles. The van der Waals surface area contributed by atoms with Crippen LogP contribution in [0, 0.1) is 5.92 Å². The molecule has 2 heterocycles. The van der Waals surface area contributed by atoms with E-state index in [1.54, 1.807) is 18.4 Å². The highest BCUT2D eigenvalue weighted by atomic mass is 32.1. The highest BCUT2D eigenvalue weighted by Crippen LogP contribution is 2.40. The molecule has 1 aromatic carbocycles. The lowest BCUT2D eigenvalue weighted by molar-refractivity contribution is -0.131. The molecular formula is C23H30N2O3S. The third-order valence-electron chi connectivity index (χ3n) is 6.32. The Hall–Kier alpha value is -1.92. The lowest BCUT2D eigenvalue weighted by Gasteiger charge is -2.19. The van der Waals surface area contributed by atoms with Crippen LogP contribution in [0.5, 0.6) is 0 Å². The molecule has 0 radical (unpaired) electrons. The van der Waals surface area contributed by atoms with Crippen molar-refractivity contribution in [2.24, 2.45) is 5.92 Å². The summed E-state index contributed by atoms with van der Waals surface area (Å²) in [7, 11) is 1.63. The highest BCUT2D eigenvalue weighted by molar-refractivity contribution is 7.21. The largest absolute Gasteiger partial charge is 0.383 e. The number of nitrogens with one attached hydrogen (secondary N) is 1. The number of rotatable bonds is 7. The van der Waals surface area contributed by atoms with E-state index in [4.69, 9.17) is 4.74 Å². The first kappa shape index (κ1) is 20.4. The summed E-state index contributed by atoms with van der Waals surface area (Å²) in [4.78, 5) is 28.5. The topological polar surface area (TPSA) is 58.6 Å². The second-order valence-corrected chi connectivity index (χ2v) is 9.32. The molecule has 29 heavy (non-hydrogen) atoms. The maximum Gasteiger partial charge on any atom is 0.261 e. The number of hydrogen-bond donors (Lipinski definition) is 1. The first-order chi connectivity index (χ1) is 14.2. The van der Waals surface area contributed by atoms with Crippen molar-refractivity contribution in [1.29, 1.82) is 0 Å². The fourth-order valence-corrected chi connectivity index (χ4v) is 6.01. The van der Waals surface area contributed by atoms with Crippen molar-refractivity contribution in [3.8, 4) is 0 Å². The van der Waals surface area contributed by atoms with E-state index in [2.05, 4.69) is 17.4 Å². The summed E-state index contributed by atoms with van der Waals surface area (Å²) in [5, 5.41) is 4.13. The maximum atomic E-state index is 12.9. The van der Waals surface area contributed by atoms with Gasteiger partial charge in [0.05, 0.1) is 11.5 Å². The monoisotopic (exact) mass is 414 g/mol. The molecular weight excluding hydrogens is 384 g/mol. The van der Waals surface area contributed by atoms with Crippen molar-refractivity contribution in [3.05, 3.63) is 34.7 Å². The van der Waals surface area contributed by atoms with Crippen molar-refractivity contribution in [3.63, 3.8) is 0 Å². The number of hydrogen-bond acceptors (Lipinski definition) is 4. The molecule has 1 aliphatic carbocycles. The maximum absolute atomic E-state index is 12.9. The van der Waals surface area contributed by atoms with Crippen molar-refractivity contribution >= 4 is 33.2 Å². The third-order valence-corrected chi connectivity index (χ3v) is 7.50. The summed E-state index contributed by atoms with van der Waals surface area (Å²) in [5.74, 6) is 1.06. The van der Waals surface area contributed by atoms with E-state index in [1.165, 1.54) is 25.7 Å². The number of carbonyl (C=O) groups is 2. The normalized spacial score (nSPS) is 19.9. The van der Waals surface area contributed by atoms with Gasteiger partial charge in [-0.1, -0.05) is 31.0 Å². The Morgan fingerprint density at radius 1 is 1.21 bits per heavy atom. The van der Waals surface area contributed by atoms with Crippen LogP contribution >= 0.6 is 11.3 Å². The molecule has 2 fully saturated rings. The molecule has 2 aliphatic rings. The van der Waals surface area contributed by atoms with Gasteiger partial charge in [-0.25, -0.2) is 0 Å². The molecule has 1 aliphatic heterocycles. The number of benzene rings is 1. The van der Waals surface area contributed by atoms with Crippen LogP contribution in [0.4, 0.5) is 0 Å². The molecule has 2 amide bonds.